The molecule has 6 heteroatoms. The fourth-order valence-electron chi connectivity index (χ4n) is 6.28. The van der Waals surface area contributed by atoms with Crippen LogP contribution in [0.1, 0.15) is 59.0 Å². The van der Waals surface area contributed by atoms with E-state index in [1.54, 1.807) is 30.3 Å². The molecule has 2 aliphatic heterocycles. The topological polar surface area (TPSA) is 64.1 Å². The number of rotatable bonds is 2. The summed E-state index contributed by atoms with van der Waals surface area (Å²) in [5.74, 6) is 0.351. The number of nitrogens with zero attached hydrogens (tertiary/aromatic N) is 3. The van der Waals surface area contributed by atoms with Crippen molar-refractivity contribution in [3.05, 3.63) is 64.7 Å². The Kier molecular flexibility index (Phi) is 5.47. The van der Waals surface area contributed by atoms with Crippen molar-refractivity contribution in [3.63, 3.8) is 0 Å². The molecule has 0 radical (unpaired) electrons. The van der Waals surface area contributed by atoms with Crippen LogP contribution in [0.2, 0.25) is 0 Å². The standard InChI is InChI=1S/C28H35N3O3/c1-27(2)24-18-21-22(6-5-7-23(21)32)28(27,3)12-13-31(24)26(34)20-10-8-19(9-11-20)25(33)30-16-14-29(4)15-17-30/h5-11,24,32H,12-18H2,1-4H3/t24-,28+/m1/s1. The fourth-order valence-corrected chi connectivity index (χ4v) is 6.28. The van der Waals surface area contributed by atoms with Crippen LogP contribution in [0.15, 0.2) is 42.5 Å². The first-order valence-electron chi connectivity index (χ1n) is 12.3. The molecule has 0 unspecified atom stereocenters. The molecule has 2 aromatic rings. The lowest BCUT2D eigenvalue weighted by Gasteiger charge is -2.60. The van der Waals surface area contributed by atoms with Crippen LogP contribution in [0, 0.1) is 5.41 Å². The Hall–Kier alpha value is -2.86. The molecule has 2 aromatic carbocycles. The highest BCUT2D eigenvalue weighted by atomic mass is 16.3. The zero-order chi connectivity index (χ0) is 24.3. The Morgan fingerprint density at radius 2 is 1.50 bits per heavy atom. The summed E-state index contributed by atoms with van der Waals surface area (Å²) < 4.78 is 0. The van der Waals surface area contributed by atoms with E-state index in [9.17, 15) is 14.7 Å². The largest absolute Gasteiger partial charge is 0.508 e. The Bertz CT molecular complexity index is 1120. The van der Waals surface area contributed by atoms with Crippen LogP contribution >= 0.6 is 0 Å². The van der Waals surface area contributed by atoms with Gasteiger partial charge in [-0.3, -0.25) is 9.59 Å². The third-order valence-corrected chi connectivity index (χ3v) is 9.06. The number of fused-ring (bicyclic) bond motifs is 4. The third-order valence-electron chi connectivity index (χ3n) is 9.06. The van der Waals surface area contributed by atoms with Crippen LogP contribution in [-0.4, -0.2) is 77.4 Å². The van der Waals surface area contributed by atoms with E-state index in [2.05, 4.69) is 38.8 Å². The van der Waals surface area contributed by atoms with E-state index in [-0.39, 0.29) is 28.7 Å². The summed E-state index contributed by atoms with van der Waals surface area (Å²) in [6, 6.07) is 13.0. The molecule has 3 aliphatic rings. The Morgan fingerprint density at radius 1 is 0.882 bits per heavy atom. The Labute approximate surface area is 202 Å². The molecule has 5 rings (SSSR count). The maximum Gasteiger partial charge on any atom is 0.254 e. The van der Waals surface area contributed by atoms with Crippen molar-refractivity contribution in [1.29, 1.82) is 0 Å². The number of amides is 2. The highest BCUT2D eigenvalue weighted by Crippen LogP contribution is 2.57. The molecular weight excluding hydrogens is 426 g/mol. The van der Waals surface area contributed by atoms with E-state index in [4.69, 9.17) is 0 Å². The van der Waals surface area contributed by atoms with Crippen molar-refractivity contribution in [2.45, 2.75) is 45.1 Å². The second kappa shape index (κ2) is 8.12. The normalized spacial score (nSPS) is 26.2. The average molecular weight is 462 g/mol. The highest BCUT2D eigenvalue weighted by molar-refractivity contribution is 5.98. The van der Waals surface area contributed by atoms with Gasteiger partial charge in [-0.15, -0.1) is 0 Å². The maximum absolute atomic E-state index is 13.7. The first-order chi connectivity index (χ1) is 16.1. The zero-order valence-electron chi connectivity index (χ0n) is 20.7. The molecule has 2 heterocycles. The molecule has 0 saturated carbocycles. The first kappa shape index (κ1) is 22.9. The molecule has 2 saturated heterocycles. The Balaban J connectivity index is 1.38. The van der Waals surface area contributed by atoms with Crippen LogP contribution in [0.3, 0.4) is 0 Å². The predicted octanol–water partition coefficient (Wildman–Crippen LogP) is 3.53. The van der Waals surface area contributed by atoms with E-state index in [0.29, 0.717) is 29.8 Å². The quantitative estimate of drug-likeness (QED) is 0.743. The van der Waals surface area contributed by atoms with Gasteiger partial charge in [0.25, 0.3) is 11.8 Å². The summed E-state index contributed by atoms with van der Waals surface area (Å²) in [6.07, 6.45) is 1.50. The third kappa shape index (κ3) is 3.42. The van der Waals surface area contributed by atoms with Gasteiger partial charge < -0.3 is 19.8 Å². The van der Waals surface area contributed by atoms with E-state index in [1.165, 1.54) is 5.56 Å². The van der Waals surface area contributed by atoms with Gasteiger partial charge in [-0.25, -0.2) is 0 Å². The van der Waals surface area contributed by atoms with Crippen molar-refractivity contribution in [3.8, 4) is 5.75 Å². The van der Waals surface area contributed by atoms with Gasteiger partial charge >= 0.3 is 0 Å². The molecule has 2 bridgehead atoms. The van der Waals surface area contributed by atoms with E-state index < -0.39 is 0 Å². The SMILES string of the molecule is CN1CCN(C(=O)c2ccc(C(=O)N3CC[C@@]4(C)c5cccc(O)c5C[C@@H]3C4(C)C)cc2)CC1. The number of piperidine rings is 1. The van der Waals surface area contributed by atoms with Crippen molar-refractivity contribution in [2.24, 2.45) is 5.41 Å². The highest BCUT2D eigenvalue weighted by Gasteiger charge is 2.57. The molecule has 180 valence electrons. The molecule has 0 aromatic heterocycles. The summed E-state index contributed by atoms with van der Waals surface area (Å²) in [6.45, 7) is 10.7. The molecule has 1 aliphatic carbocycles. The predicted molar refractivity (Wildman–Crippen MR) is 132 cm³/mol. The van der Waals surface area contributed by atoms with Crippen molar-refractivity contribution in [1.82, 2.24) is 14.7 Å². The van der Waals surface area contributed by atoms with Crippen LogP contribution in [0.25, 0.3) is 0 Å². The number of likely N-dealkylation sites (tertiary alicyclic amines) is 1. The summed E-state index contributed by atoms with van der Waals surface area (Å²) in [7, 11) is 2.07. The number of piperazine rings is 1. The van der Waals surface area contributed by atoms with Gasteiger partial charge in [-0.05, 0) is 66.8 Å². The second-order valence-corrected chi connectivity index (χ2v) is 11.0. The summed E-state index contributed by atoms with van der Waals surface area (Å²) in [4.78, 5) is 32.7. The Morgan fingerprint density at radius 3 is 2.15 bits per heavy atom. The number of hydrogen-bond acceptors (Lipinski definition) is 4. The van der Waals surface area contributed by atoms with Gasteiger partial charge in [-0.2, -0.15) is 0 Å². The number of benzene rings is 2. The number of likely N-dealkylation sites (N-methyl/N-ethyl adjacent to an activating group) is 1. The van der Waals surface area contributed by atoms with E-state index >= 15 is 0 Å². The van der Waals surface area contributed by atoms with Gasteiger partial charge in [0, 0.05) is 55.3 Å². The van der Waals surface area contributed by atoms with Gasteiger partial charge in [0.2, 0.25) is 0 Å². The van der Waals surface area contributed by atoms with Gasteiger partial charge in [-0.1, -0.05) is 32.9 Å². The van der Waals surface area contributed by atoms with E-state index in [0.717, 1.165) is 38.2 Å². The van der Waals surface area contributed by atoms with Crippen molar-refractivity contribution >= 4 is 11.8 Å². The number of carbonyl (C=O) groups is 2. The van der Waals surface area contributed by atoms with Crippen molar-refractivity contribution < 1.29 is 14.7 Å². The first-order valence-corrected chi connectivity index (χ1v) is 12.3. The van der Waals surface area contributed by atoms with E-state index in [1.807, 2.05) is 15.9 Å². The van der Waals surface area contributed by atoms with Crippen molar-refractivity contribution in [2.75, 3.05) is 39.8 Å². The van der Waals surface area contributed by atoms with Crippen LogP contribution in [0.4, 0.5) is 0 Å². The molecule has 6 nitrogen and oxygen atoms in total. The molecule has 2 atom stereocenters. The smallest absolute Gasteiger partial charge is 0.254 e. The van der Waals surface area contributed by atoms with Gasteiger partial charge in [0.1, 0.15) is 5.75 Å². The number of carbonyl (C=O) groups excluding carboxylic acids is 2. The van der Waals surface area contributed by atoms with Gasteiger partial charge in [0.05, 0.1) is 0 Å². The molecular formula is C28H35N3O3. The maximum atomic E-state index is 13.7. The minimum Gasteiger partial charge on any atom is -0.508 e. The lowest BCUT2D eigenvalue weighted by molar-refractivity contribution is -0.0266. The lowest BCUT2D eigenvalue weighted by atomic mass is 9.51. The lowest BCUT2D eigenvalue weighted by Crippen LogP contribution is -2.64. The molecule has 0 spiro atoms. The van der Waals surface area contributed by atoms with Gasteiger partial charge in [0.15, 0.2) is 0 Å². The average Bonchev–Trinajstić information content (AvgIpc) is 2.82. The van der Waals surface area contributed by atoms with Crippen LogP contribution in [0.5, 0.6) is 5.75 Å². The minimum atomic E-state index is -0.140. The number of aromatic hydroxyl groups is 1. The summed E-state index contributed by atoms with van der Waals surface area (Å²) in [5, 5.41) is 10.6. The van der Waals surface area contributed by atoms with Crippen LogP contribution < -0.4 is 0 Å². The zero-order valence-corrected chi connectivity index (χ0v) is 20.7. The second-order valence-electron chi connectivity index (χ2n) is 11.0. The summed E-state index contributed by atoms with van der Waals surface area (Å²) in [5.41, 5.74) is 3.17. The monoisotopic (exact) mass is 461 g/mol. The van der Waals surface area contributed by atoms with Crippen LogP contribution in [-0.2, 0) is 11.8 Å². The fraction of sp³-hybridized carbons (Fsp3) is 0.500. The molecule has 2 fully saturated rings. The summed E-state index contributed by atoms with van der Waals surface area (Å²) >= 11 is 0. The molecule has 34 heavy (non-hydrogen) atoms. The minimum absolute atomic E-state index is 0.00223. The number of phenols is 1. The number of hydrogen-bond donors (Lipinski definition) is 1. The molecule has 2 amide bonds. The molecule has 1 N–H and O–H groups in total. The number of phenolic OH excluding ortho intramolecular Hbond substituents is 1.